The van der Waals surface area contributed by atoms with E-state index in [0.29, 0.717) is 5.92 Å². The maximum atomic E-state index is 10.5. The number of ether oxygens (including phenoxy) is 1. The fourth-order valence-electron chi connectivity index (χ4n) is 2.27. The van der Waals surface area contributed by atoms with Gasteiger partial charge in [0.1, 0.15) is 6.29 Å². The zero-order valence-corrected chi connectivity index (χ0v) is 10.7. The molecule has 0 N–H and O–H groups in total. The summed E-state index contributed by atoms with van der Waals surface area (Å²) in [5.74, 6) is 0.590. The Labute approximate surface area is 98.4 Å². The Morgan fingerprint density at radius 2 is 2.31 bits per heavy atom. The number of rotatable bonds is 5. The highest BCUT2D eigenvalue weighted by Gasteiger charge is 2.35. The summed E-state index contributed by atoms with van der Waals surface area (Å²) in [4.78, 5) is 10.5. The topological polar surface area (TPSA) is 26.3 Å². The smallest absolute Gasteiger partial charge is 0.145 e. The van der Waals surface area contributed by atoms with E-state index in [0.717, 1.165) is 31.3 Å². The van der Waals surface area contributed by atoms with Crippen LogP contribution in [0.15, 0.2) is 23.3 Å². The van der Waals surface area contributed by atoms with E-state index >= 15 is 0 Å². The van der Waals surface area contributed by atoms with Gasteiger partial charge >= 0.3 is 0 Å². The second-order valence-electron chi connectivity index (χ2n) is 5.12. The number of methoxy groups -OCH3 is 1. The van der Waals surface area contributed by atoms with Crippen LogP contribution in [0.1, 0.15) is 33.6 Å². The van der Waals surface area contributed by atoms with Crippen molar-refractivity contribution in [3.63, 3.8) is 0 Å². The van der Waals surface area contributed by atoms with Gasteiger partial charge in [0.25, 0.3) is 0 Å². The quantitative estimate of drug-likeness (QED) is 0.406. The van der Waals surface area contributed by atoms with Gasteiger partial charge in [-0.25, -0.2) is 0 Å². The molecule has 0 saturated carbocycles. The Kier molecular flexibility index (Phi) is 4.48. The van der Waals surface area contributed by atoms with Crippen LogP contribution in [-0.4, -0.2) is 20.0 Å². The van der Waals surface area contributed by atoms with Gasteiger partial charge < -0.3 is 4.74 Å². The average molecular weight is 222 g/mol. The van der Waals surface area contributed by atoms with Crippen LogP contribution in [0, 0.1) is 11.3 Å². The summed E-state index contributed by atoms with van der Waals surface area (Å²) >= 11 is 0. The molecule has 16 heavy (non-hydrogen) atoms. The van der Waals surface area contributed by atoms with Gasteiger partial charge in [0.15, 0.2) is 0 Å². The third-order valence-electron chi connectivity index (χ3n) is 3.71. The highest BCUT2D eigenvalue weighted by molar-refractivity contribution is 5.71. The van der Waals surface area contributed by atoms with Crippen molar-refractivity contribution in [1.29, 1.82) is 0 Å². The van der Waals surface area contributed by atoms with Gasteiger partial charge in [-0.15, -0.1) is 0 Å². The van der Waals surface area contributed by atoms with Crippen molar-refractivity contribution >= 4 is 6.29 Å². The minimum absolute atomic E-state index is 0.190. The lowest BCUT2D eigenvalue weighted by atomic mass is 9.75. The summed E-state index contributed by atoms with van der Waals surface area (Å²) in [6, 6.07) is 0. The van der Waals surface area contributed by atoms with E-state index in [2.05, 4.69) is 19.9 Å². The van der Waals surface area contributed by atoms with Crippen LogP contribution in [0.4, 0.5) is 0 Å². The van der Waals surface area contributed by atoms with Crippen LogP contribution in [0.25, 0.3) is 0 Å². The van der Waals surface area contributed by atoms with Gasteiger partial charge in [0, 0.05) is 7.11 Å². The van der Waals surface area contributed by atoms with Crippen LogP contribution >= 0.6 is 0 Å². The fourth-order valence-corrected chi connectivity index (χ4v) is 2.27. The number of aldehydes is 1. The van der Waals surface area contributed by atoms with Gasteiger partial charge in [0.2, 0.25) is 0 Å². The minimum atomic E-state index is 0.190. The van der Waals surface area contributed by atoms with Gasteiger partial charge in [-0.05, 0) is 42.2 Å². The first-order chi connectivity index (χ1) is 7.52. The average Bonchev–Trinajstić information content (AvgIpc) is 2.52. The number of hydrogen-bond acceptors (Lipinski definition) is 2. The van der Waals surface area contributed by atoms with E-state index in [9.17, 15) is 4.79 Å². The van der Waals surface area contributed by atoms with Crippen LogP contribution in [0.3, 0.4) is 0 Å². The lowest BCUT2D eigenvalue weighted by Gasteiger charge is -2.30. The summed E-state index contributed by atoms with van der Waals surface area (Å²) in [6.45, 7) is 7.11. The molecule has 1 unspecified atom stereocenters. The van der Waals surface area contributed by atoms with Gasteiger partial charge in [-0.3, -0.25) is 4.79 Å². The lowest BCUT2D eigenvalue weighted by molar-refractivity contribution is -0.104. The third-order valence-corrected chi connectivity index (χ3v) is 3.71. The number of carbonyl (C=O) groups excluding carboxylic acids is 1. The Hall–Kier alpha value is -0.890. The Morgan fingerprint density at radius 3 is 2.88 bits per heavy atom. The van der Waals surface area contributed by atoms with Gasteiger partial charge in [-0.1, -0.05) is 26.0 Å². The van der Waals surface area contributed by atoms with Crippen molar-refractivity contribution in [2.75, 3.05) is 13.7 Å². The van der Waals surface area contributed by atoms with Crippen LogP contribution in [0.5, 0.6) is 0 Å². The monoisotopic (exact) mass is 222 g/mol. The molecule has 90 valence electrons. The van der Waals surface area contributed by atoms with Crippen LogP contribution in [0.2, 0.25) is 0 Å². The Balaban J connectivity index is 2.64. The molecule has 0 fully saturated rings. The molecule has 0 aromatic heterocycles. The molecule has 2 nitrogen and oxygen atoms in total. The molecule has 0 heterocycles. The molecule has 0 amide bonds. The SMILES string of the molecule is COCC1=CCC(C/C=C(\C)C=O)C1(C)C. The first kappa shape index (κ1) is 13.2. The van der Waals surface area contributed by atoms with E-state index in [1.807, 2.05) is 13.0 Å². The summed E-state index contributed by atoms with van der Waals surface area (Å²) in [6.07, 6.45) is 7.32. The zero-order chi connectivity index (χ0) is 12.2. The molecular weight excluding hydrogens is 200 g/mol. The second-order valence-corrected chi connectivity index (χ2v) is 5.12. The first-order valence-electron chi connectivity index (χ1n) is 5.82. The molecule has 1 rings (SSSR count). The predicted molar refractivity (Wildman–Crippen MR) is 66.3 cm³/mol. The van der Waals surface area contributed by atoms with Crippen LogP contribution in [-0.2, 0) is 9.53 Å². The summed E-state index contributed by atoms with van der Waals surface area (Å²) < 4.78 is 5.22. The summed E-state index contributed by atoms with van der Waals surface area (Å²) in [7, 11) is 1.74. The van der Waals surface area contributed by atoms with E-state index in [-0.39, 0.29) is 5.41 Å². The molecule has 0 radical (unpaired) electrons. The third kappa shape index (κ3) is 2.82. The largest absolute Gasteiger partial charge is 0.380 e. The van der Waals surface area contributed by atoms with E-state index < -0.39 is 0 Å². The molecular formula is C14H22O2. The molecule has 2 heteroatoms. The van der Waals surface area contributed by atoms with Crippen molar-refractivity contribution in [2.24, 2.45) is 11.3 Å². The standard InChI is InChI=1S/C14H22O2/c1-11(9-15)5-6-12-7-8-13(10-16-4)14(12,2)3/h5,8-9,12H,6-7,10H2,1-4H3/b11-5+. The molecule has 0 aromatic rings. The number of carbonyl (C=O) groups is 1. The normalized spacial score (nSPS) is 24.4. The lowest BCUT2D eigenvalue weighted by Crippen LogP contribution is -2.23. The number of allylic oxidation sites excluding steroid dienone is 3. The van der Waals surface area contributed by atoms with Gasteiger partial charge in [0.05, 0.1) is 6.61 Å². The molecule has 0 spiro atoms. The molecule has 1 atom stereocenters. The van der Waals surface area contributed by atoms with Crippen molar-refractivity contribution < 1.29 is 9.53 Å². The van der Waals surface area contributed by atoms with E-state index in [4.69, 9.17) is 4.74 Å². The van der Waals surface area contributed by atoms with Crippen molar-refractivity contribution in [3.8, 4) is 0 Å². The van der Waals surface area contributed by atoms with Gasteiger partial charge in [-0.2, -0.15) is 0 Å². The first-order valence-corrected chi connectivity index (χ1v) is 5.82. The molecule has 1 aliphatic carbocycles. The fraction of sp³-hybridized carbons (Fsp3) is 0.643. The molecule has 0 saturated heterocycles. The highest BCUT2D eigenvalue weighted by atomic mass is 16.5. The van der Waals surface area contributed by atoms with Crippen LogP contribution < -0.4 is 0 Å². The van der Waals surface area contributed by atoms with Crippen molar-refractivity contribution in [3.05, 3.63) is 23.3 Å². The minimum Gasteiger partial charge on any atom is -0.380 e. The summed E-state index contributed by atoms with van der Waals surface area (Å²) in [5.41, 5.74) is 2.41. The Bertz CT molecular complexity index is 311. The maximum Gasteiger partial charge on any atom is 0.145 e. The molecule has 0 aromatic carbocycles. The maximum absolute atomic E-state index is 10.5. The zero-order valence-electron chi connectivity index (χ0n) is 10.7. The molecule has 1 aliphatic rings. The molecule has 0 aliphatic heterocycles. The second kappa shape index (κ2) is 5.44. The molecule has 0 bridgehead atoms. The van der Waals surface area contributed by atoms with E-state index in [1.165, 1.54) is 5.57 Å². The van der Waals surface area contributed by atoms with Crippen molar-refractivity contribution in [1.82, 2.24) is 0 Å². The predicted octanol–water partition coefficient (Wildman–Crippen LogP) is 3.14. The number of hydrogen-bond donors (Lipinski definition) is 0. The summed E-state index contributed by atoms with van der Waals surface area (Å²) in [5, 5.41) is 0. The highest BCUT2D eigenvalue weighted by Crippen LogP contribution is 2.45. The Morgan fingerprint density at radius 1 is 1.62 bits per heavy atom. The van der Waals surface area contributed by atoms with E-state index in [1.54, 1.807) is 7.11 Å². The van der Waals surface area contributed by atoms with Crippen molar-refractivity contribution in [2.45, 2.75) is 33.6 Å².